The fourth-order valence-electron chi connectivity index (χ4n) is 4.72. The Labute approximate surface area is 208 Å². The van der Waals surface area contributed by atoms with Gasteiger partial charge in [-0.1, -0.05) is 48.0 Å². The highest BCUT2D eigenvalue weighted by Crippen LogP contribution is 2.39. The van der Waals surface area contributed by atoms with Gasteiger partial charge in [0, 0.05) is 36.9 Å². The van der Waals surface area contributed by atoms with Gasteiger partial charge < -0.3 is 9.80 Å². The highest BCUT2D eigenvalue weighted by atomic mass is 32.2. The van der Waals surface area contributed by atoms with Gasteiger partial charge in [0.2, 0.25) is 10.0 Å². The minimum Gasteiger partial charge on any atom is -0.372 e. The molecule has 4 rings (SSSR count). The molecule has 1 aliphatic rings. The molecule has 0 saturated carbocycles. The van der Waals surface area contributed by atoms with Crippen LogP contribution in [0.1, 0.15) is 48.4 Å². The lowest BCUT2D eigenvalue weighted by Gasteiger charge is -2.32. The van der Waals surface area contributed by atoms with Crippen LogP contribution in [0.5, 0.6) is 0 Å². The van der Waals surface area contributed by atoms with E-state index in [0.29, 0.717) is 5.56 Å². The van der Waals surface area contributed by atoms with E-state index >= 15 is 0 Å². The fourth-order valence-corrected chi connectivity index (χ4v) is 6.37. The van der Waals surface area contributed by atoms with Gasteiger partial charge in [0.25, 0.3) is 5.91 Å². The highest BCUT2D eigenvalue weighted by Gasteiger charge is 2.47. The van der Waals surface area contributed by atoms with Gasteiger partial charge in [0.15, 0.2) is 0 Å². The molecule has 7 heteroatoms. The Balaban J connectivity index is 1.80. The number of benzene rings is 3. The summed E-state index contributed by atoms with van der Waals surface area (Å²) in [5.41, 5.74) is 3.37. The third-order valence-electron chi connectivity index (χ3n) is 6.66. The van der Waals surface area contributed by atoms with E-state index in [2.05, 4.69) is 18.7 Å². The molecule has 0 bridgehead atoms. The van der Waals surface area contributed by atoms with E-state index in [1.54, 1.807) is 41.3 Å². The molecule has 0 N–H and O–H groups in total. The SMILES string of the molecule is CCN(CC)c1ccc(C2N(C(=O)c3ccccc3)C(C)CN2S(=O)(=O)c2ccc(C)cc2)cc1. The second-order valence-corrected chi connectivity index (χ2v) is 10.8. The van der Waals surface area contributed by atoms with Crippen molar-refractivity contribution in [2.75, 3.05) is 24.5 Å². The summed E-state index contributed by atoms with van der Waals surface area (Å²) >= 11 is 0. The van der Waals surface area contributed by atoms with Crippen LogP contribution in [0.15, 0.2) is 83.8 Å². The van der Waals surface area contributed by atoms with Gasteiger partial charge in [-0.15, -0.1) is 0 Å². The van der Waals surface area contributed by atoms with Crippen molar-refractivity contribution in [3.05, 3.63) is 95.6 Å². The summed E-state index contributed by atoms with van der Waals surface area (Å²) in [7, 11) is -3.84. The number of carbonyl (C=O) groups is 1. The Morgan fingerprint density at radius 2 is 1.51 bits per heavy atom. The van der Waals surface area contributed by atoms with Crippen molar-refractivity contribution in [3.8, 4) is 0 Å². The van der Waals surface area contributed by atoms with E-state index in [4.69, 9.17) is 0 Å². The minimum atomic E-state index is -3.84. The summed E-state index contributed by atoms with van der Waals surface area (Å²) in [6.07, 6.45) is -0.741. The van der Waals surface area contributed by atoms with Gasteiger partial charge in [-0.05, 0) is 69.7 Å². The van der Waals surface area contributed by atoms with Crippen molar-refractivity contribution < 1.29 is 13.2 Å². The van der Waals surface area contributed by atoms with Gasteiger partial charge in [0.05, 0.1) is 4.90 Å². The van der Waals surface area contributed by atoms with Gasteiger partial charge in [-0.25, -0.2) is 8.42 Å². The number of rotatable bonds is 7. The molecular formula is C28H33N3O3S. The number of anilines is 1. The maximum atomic E-state index is 13.8. The van der Waals surface area contributed by atoms with E-state index in [-0.39, 0.29) is 23.4 Å². The molecule has 184 valence electrons. The van der Waals surface area contributed by atoms with Gasteiger partial charge in [-0.2, -0.15) is 4.31 Å². The zero-order valence-electron chi connectivity index (χ0n) is 20.8. The van der Waals surface area contributed by atoms with E-state index in [1.807, 2.05) is 56.3 Å². The predicted molar refractivity (Wildman–Crippen MR) is 140 cm³/mol. The molecule has 35 heavy (non-hydrogen) atoms. The number of nitrogens with zero attached hydrogens (tertiary/aromatic N) is 3. The maximum Gasteiger partial charge on any atom is 0.255 e. The van der Waals surface area contributed by atoms with Gasteiger partial charge in [-0.3, -0.25) is 4.79 Å². The zero-order chi connectivity index (χ0) is 25.2. The summed E-state index contributed by atoms with van der Waals surface area (Å²) in [5.74, 6) is -0.183. The molecule has 2 atom stereocenters. The molecule has 6 nitrogen and oxygen atoms in total. The number of hydrogen-bond acceptors (Lipinski definition) is 4. The highest BCUT2D eigenvalue weighted by molar-refractivity contribution is 7.89. The average Bonchev–Trinajstić information content (AvgIpc) is 3.23. The quantitative estimate of drug-likeness (QED) is 0.463. The lowest BCUT2D eigenvalue weighted by Crippen LogP contribution is -2.39. The van der Waals surface area contributed by atoms with Crippen molar-refractivity contribution in [1.29, 1.82) is 0 Å². The third kappa shape index (κ3) is 4.83. The van der Waals surface area contributed by atoms with Crippen LogP contribution in [0, 0.1) is 6.92 Å². The first-order valence-electron chi connectivity index (χ1n) is 12.1. The van der Waals surface area contributed by atoms with Crippen LogP contribution in [-0.2, 0) is 10.0 Å². The molecule has 0 aliphatic carbocycles. The Hall–Kier alpha value is -3.16. The number of amides is 1. The molecular weight excluding hydrogens is 458 g/mol. The first-order valence-corrected chi connectivity index (χ1v) is 13.5. The third-order valence-corrected chi connectivity index (χ3v) is 8.49. The van der Waals surface area contributed by atoms with Crippen molar-refractivity contribution in [2.45, 2.75) is 44.8 Å². The summed E-state index contributed by atoms with van der Waals surface area (Å²) in [6, 6.07) is 23.5. The van der Waals surface area contributed by atoms with Crippen molar-refractivity contribution in [3.63, 3.8) is 0 Å². The van der Waals surface area contributed by atoms with E-state index in [9.17, 15) is 13.2 Å². The molecule has 3 aromatic rings. The Bertz CT molecular complexity index is 1260. The van der Waals surface area contributed by atoms with E-state index < -0.39 is 16.2 Å². The predicted octanol–water partition coefficient (Wildman–Crippen LogP) is 5.08. The van der Waals surface area contributed by atoms with E-state index in [1.165, 1.54) is 4.31 Å². The largest absolute Gasteiger partial charge is 0.372 e. The number of sulfonamides is 1. The van der Waals surface area contributed by atoms with Gasteiger partial charge in [0.1, 0.15) is 6.17 Å². The fraction of sp³-hybridized carbons (Fsp3) is 0.321. The van der Waals surface area contributed by atoms with Crippen LogP contribution < -0.4 is 4.90 Å². The van der Waals surface area contributed by atoms with Crippen LogP contribution in [-0.4, -0.2) is 49.2 Å². The lowest BCUT2D eigenvalue weighted by atomic mass is 10.1. The Morgan fingerprint density at radius 3 is 2.09 bits per heavy atom. The molecule has 0 radical (unpaired) electrons. The number of hydrogen-bond donors (Lipinski definition) is 0. The zero-order valence-corrected chi connectivity index (χ0v) is 21.6. The topological polar surface area (TPSA) is 60.9 Å². The van der Waals surface area contributed by atoms with Crippen molar-refractivity contribution in [1.82, 2.24) is 9.21 Å². The molecule has 3 aromatic carbocycles. The second kappa shape index (κ2) is 10.2. The van der Waals surface area contributed by atoms with E-state index in [0.717, 1.165) is 29.9 Å². The van der Waals surface area contributed by atoms with Crippen molar-refractivity contribution in [2.24, 2.45) is 0 Å². The van der Waals surface area contributed by atoms with Crippen LogP contribution >= 0.6 is 0 Å². The number of carbonyl (C=O) groups excluding carboxylic acids is 1. The minimum absolute atomic E-state index is 0.183. The summed E-state index contributed by atoms with van der Waals surface area (Å²) in [4.78, 5) is 17.8. The second-order valence-electron chi connectivity index (χ2n) is 8.95. The van der Waals surface area contributed by atoms with Crippen LogP contribution in [0.25, 0.3) is 0 Å². The standard InChI is InChI=1S/C28H33N3O3S/c1-5-29(6-2)25-16-14-23(15-17-25)27-30(35(33,34)26-18-12-21(3)13-19-26)20-22(4)31(27)28(32)24-10-8-7-9-11-24/h7-19,22,27H,5-6,20H2,1-4H3. The monoisotopic (exact) mass is 491 g/mol. The summed E-state index contributed by atoms with van der Waals surface area (Å²) in [6.45, 7) is 10.0. The normalized spacial score (nSPS) is 18.6. The molecule has 1 heterocycles. The molecule has 1 aliphatic heterocycles. The molecule has 2 unspecified atom stereocenters. The maximum absolute atomic E-state index is 13.8. The first-order chi connectivity index (χ1) is 16.8. The molecule has 0 aromatic heterocycles. The lowest BCUT2D eigenvalue weighted by molar-refractivity contribution is 0.0640. The van der Waals surface area contributed by atoms with Crippen LogP contribution in [0.2, 0.25) is 0 Å². The first kappa shape index (κ1) is 24.9. The average molecular weight is 492 g/mol. The van der Waals surface area contributed by atoms with Crippen LogP contribution in [0.3, 0.4) is 0 Å². The smallest absolute Gasteiger partial charge is 0.255 e. The molecule has 0 spiro atoms. The van der Waals surface area contributed by atoms with Gasteiger partial charge >= 0.3 is 0 Å². The number of aryl methyl sites for hydroxylation is 1. The summed E-state index contributed by atoms with van der Waals surface area (Å²) < 4.78 is 29.1. The molecule has 1 amide bonds. The Kier molecular flexibility index (Phi) is 7.28. The summed E-state index contributed by atoms with van der Waals surface area (Å²) in [5, 5.41) is 0. The van der Waals surface area contributed by atoms with Crippen LogP contribution in [0.4, 0.5) is 5.69 Å². The Morgan fingerprint density at radius 1 is 0.914 bits per heavy atom. The van der Waals surface area contributed by atoms with Crippen molar-refractivity contribution >= 4 is 21.6 Å². The molecule has 1 fully saturated rings. The molecule has 1 saturated heterocycles.